The van der Waals surface area contributed by atoms with Crippen molar-refractivity contribution in [3.8, 4) is 5.75 Å². The molecule has 144 valence electrons. The Bertz CT molecular complexity index is 818. The Morgan fingerprint density at radius 3 is 2.58 bits per heavy atom. The summed E-state index contributed by atoms with van der Waals surface area (Å²) >= 11 is 0. The van der Waals surface area contributed by atoms with Crippen LogP contribution in [0, 0.1) is 0 Å². The van der Waals surface area contributed by atoms with Crippen molar-refractivity contribution in [3.05, 3.63) is 30.0 Å². The van der Waals surface area contributed by atoms with E-state index in [0.717, 1.165) is 35.2 Å². The third kappa shape index (κ3) is 4.45. The van der Waals surface area contributed by atoms with Crippen LogP contribution in [0.15, 0.2) is 24.4 Å². The molecule has 8 nitrogen and oxygen atoms in total. The Morgan fingerprint density at radius 2 is 2.00 bits per heavy atom. The van der Waals surface area contributed by atoms with Crippen molar-refractivity contribution >= 4 is 24.5 Å². The Balaban J connectivity index is 2.50. The second-order valence-corrected chi connectivity index (χ2v) is 8.20. The first-order valence-electron chi connectivity index (χ1n) is 8.16. The fourth-order valence-corrected chi connectivity index (χ4v) is 4.15. The van der Waals surface area contributed by atoms with Crippen LogP contribution in [0.1, 0.15) is 5.56 Å². The highest BCUT2D eigenvalue weighted by Gasteiger charge is 2.28. The van der Waals surface area contributed by atoms with E-state index in [2.05, 4.69) is 14.7 Å². The third-order valence-electron chi connectivity index (χ3n) is 4.08. The van der Waals surface area contributed by atoms with Gasteiger partial charge in [0.2, 0.25) is 0 Å². The van der Waals surface area contributed by atoms with E-state index < -0.39 is 13.6 Å². The maximum atomic E-state index is 13.3. The molecule has 0 aliphatic heterocycles. The van der Waals surface area contributed by atoms with Crippen LogP contribution >= 0.6 is 7.67 Å². The quantitative estimate of drug-likeness (QED) is 0.525. The van der Waals surface area contributed by atoms with Gasteiger partial charge in [-0.25, -0.2) is 9.65 Å². The van der Waals surface area contributed by atoms with Gasteiger partial charge in [-0.05, 0) is 44.3 Å². The van der Waals surface area contributed by atoms with Gasteiger partial charge in [0, 0.05) is 25.2 Å². The number of esters is 1. The van der Waals surface area contributed by atoms with Gasteiger partial charge < -0.3 is 18.9 Å². The van der Waals surface area contributed by atoms with Crippen molar-refractivity contribution in [2.45, 2.75) is 6.42 Å². The molecule has 0 spiro atoms. The molecule has 0 aliphatic rings. The lowest BCUT2D eigenvalue weighted by atomic mass is 10.1. The van der Waals surface area contributed by atoms with Crippen molar-refractivity contribution < 1.29 is 23.4 Å². The summed E-state index contributed by atoms with van der Waals surface area (Å²) in [5.41, 5.74) is 1.76. The number of carbonyl (C=O) groups excluding carboxylic acids is 1. The van der Waals surface area contributed by atoms with E-state index in [0.29, 0.717) is 0 Å². The summed E-state index contributed by atoms with van der Waals surface area (Å²) in [7, 11) is 4.72. The molecule has 0 amide bonds. The van der Waals surface area contributed by atoms with E-state index in [1.54, 1.807) is 17.5 Å². The fraction of sp³-hybridized carbons (Fsp3) is 0.471. The van der Waals surface area contributed by atoms with Crippen LogP contribution in [0.3, 0.4) is 0 Å². The van der Waals surface area contributed by atoms with Crippen molar-refractivity contribution in [1.82, 2.24) is 14.3 Å². The molecule has 1 N–H and O–H groups in total. The minimum atomic E-state index is -3.50. The third-order valence-corrected chi connectivity index (χ3v) is 6.04. The van der Waals surface area contributed by atoms with Gasteiger partial charge in [0.25, 0.3) is 0 Å². The van der Waals surface area contributed by atoms with Crippen molar-refractivity contribution in [2.75, 3.05) is 48.5 Å². The van der Waals surface area contributed by atoms with Crippen LogP contribution in [0.25, 0.3) is 10.9 Å². The summed E-state index contributed by atoms with van der Waals surface area (Å²) in [6.07, 6.45) is 2.58. The maximum Gasteiger partial charge on any atom is 0.372 e. The normalized spacial score (nSPS) is 13.8. The Morgan fingerprint density at radius 1 is 1.27 bits per heavy atom. The highest BCUT2D eigenvalue weighted by Crippen LogP contribution is 2.47. The largest absolute Gasteiger partial charge is 0.497 e. The maximum absolute atomic E-state index is 13.3. The first kappa shape index (κ1) is 20.5. The van der Waals surface area contributed by atoms with Gasteiger partial charge in [0.05, 0.1) is 19.7 Å². The zero-order valence-electron chi connectivity index (χ0n) is 15.8. The van der Waals surface area contributed by atoms with Gasteiger partial charge in [-0.2, -0.15) is 0 Å². The monoisotopic (exact) mass is 383 g/mol. The topological polar surface area (TPSA) is 82.0 Å². The van der Waals surface area contributed by atoms with Gasteiger partial charge >= 0.3 is 13.6 Å². The van der Waals surface area contributed by atoms with Crippen molar-refractivity contribution in [3.63, 3.8) is 0 Å². The molecule has 9 heteroatoms. The van der Waals surface area contributed by atoms with Gasteiger partial charge in [0.1, 0.15) is 12.3 Å². The molecule has 1 unspecified atom stereocenters. The lowest BCUT2D eigenvalue weighted by Gasteiger charge is -2.19. The number of nitrogens with one attached hydrogen (secondary N) is 1. The SMILES string of the molecule is COC(=O)CNP(=O)(OC)n1cc(CCN(C)C)c2cc(OC)ccc21. The standard InChI is InChI=1S/C17H26N3O5P/c1-19(2)9-8-13-12-20(16-7-6-14(23-3)10-15(13)16)26(22,25-5)18-11-17(21)24-4/h6-7,10,12H,8-9,11H2,1-5H3,(H,18,22). The van der Waals surface area contributed by atoms with E-state index >= 15 is 0 Å². The molecular weight excluding hydrogens is 357 g/mol. The summed E-state index contributed by atoms with van der Waals surface area (Å²) in [5, 5.41) is 3.63. The van der Waals surface area contributed by atoms with Crippen LogP contribution < -0.4 is 9.82 Å². The molecule has 26 heavy (non-hydrogen) atoms. The van der Waals surface area contributed by atoms with Crippen molar-refractivity contribution in [2.24, 2.45) is 0 Å². The Kier molecular flexibility index (Phi) is 6.83. The molecule has 1 aromatic carbocycles. The molecule has 0 aliphatic carbocycles. The van der Waals surface area contributed by atoms with E-state index in [4.69, 9.17) is 9.26 Å². The molecule has 0 radical (unpaired) electrons. The molecule has 2 rings (SSSR count). The smallest absolute Gasteiger partial charge is 0.372 e. The van der Waals surface area contributed by atoms with Gasteiger partial charge in [0.15, 0.2) is 0 Å². The van der Waals surface area contributed by atoms with E-state index in [9.17, 15) is 9.36 Å². The van der Waals surface area contributed by atoms with Gasteiger partial charge in [-0.1, -0.05) is 0 Å². The molecule has 0 fully saturated rings. The molecule has 0 bridgehead atoms. The minimum absolute atomic E-state index is 0.218. The lowest BCUT2D eigenvalue weighted by molar-refractivity contribution is -0.139. The van der Waals surface area contributed by atoms with E-state index in [-0.39, 0.29) is 6.54 Å². The van der Waals surface area contributed by atoms with Gasteiger partial charge in [-0.3, -0.25) is 9.13 Å². The second kappa shape index (κ2) is 8.68. The number of nitrogens with zero attached hydrogens (tertiary/aromatic N) is 2. The molecule has 1 aromatic heterocycles. The number of likely N-dealkylation sites (N-methyl/N-ethyl adjacent to an activating group) is 1. The highest BCUT2D eigenvalue weighted by molar-refractivity contribution is 7.55. The first-order chi connectivity index (χ1) is 12.3. The van der Waals surface area contributed by atoms with E-state index in [1.165, 1.54) is 14.2 Å². The Hall–Kier alpha value is -1.86. The average molecular weight is 383 g/mol. The summed E-state index contributed by atoms with van der Waals surface area (Å²) in [5.74, 6) is 0.198. The molecule has 0 saturated carbocycles. The molecule has 1 atom stereocenters. The zero-order chi connectivity index (χ0) is 19.3. The predicted octanol–water partition coefficient (Wildman–Crippen LogP) is 2.12. The first-order valence-corrected chi connectivity index (χ1v) is 9.73. The number of hydrogen-bond donors (Lipinski definition) is 1. The van der Waals surface area contributed by atoms with Crippen LogP contribution in [-0.2, 0) is 25.0 Å². The van der Waals surface area contributed by atoms with Crippen molar-refractivity contribution in [1.29, 1.82) is 0 Å². The Labute approximate surface area is 153 Å². The summed E-state index contributed by atoms with van der Waals surface area (Å²) in [4.78, 5) is 13.5. The summed E-state index contributed by atoms with van der Waals surface area (Å²) in [6, 6.07) is 5.55. The number of fused-ring (bicyclic) bond motifs is 1. The van der Waals surface area contributed by atoms with Crippen LogP contribution in [0.2, 0.25) is 0 Å². The number of ether oxygens (including phenoxy) is 2. The number of rotatable bonds is 9. The number of hydrogen-bond acceptors (Lipinski definition) is 6. The molecule has 1 heterocycles. The second-order valence-electron chi connectivity index (χ2n) is 6.05. The molecule has 0 saturated heterocycles. The predicted molar refractivity (Wildman–Crippen MR) is 101 cm³/mol. The zero-order valence-corrected chi connectivity index (χ0v) is 16.7. The minimum Gasteiger partial charge on any atom is -0.497 e. The summed E-state index contributed by atoms with van der Waals surface area (Å²) in [6.45, 7) is 0.619. The lowest BCUT2D eigenvalue weighted by Crippen LogP contribution is -2.24. The van der Waals surface area contributed by atoms with E-state index in [1.807, 2.05) is 32.4 Å². The number of carbonyl (C=O) groups is 1. The number of benzene rings is 1. The summed E-state index contributed by atoms with van der Waals surface area (Å²) < 4.78 is 30.1. The fourth-order valence-electron chi connectivity index (χ4n) is 2.61. The number of methoxy groups -OCH3 is 2. The van der Waals surface area contributed by atoms with Crippen LogP contribution in [-0.4, -0.2) is 63.7 Å². The number of aromatic nitrogens is 1. The van der Waals surface area contributed by atoms with Gasteiger partial charge in [-0.15, -0.1) is 0 Å². The highest BCUT2D eigenvalue weighted by atomic mass is 31.2. The van der Waals surface area contributed by atoms with Crippen LogP contribution in [0.4, 0.5) is 0 Å². The molecule has 2 aromatic rings. The van der Waals surface area contributed by atoms with Crippen LogP contribution in [0.5, 0.6) is 5.75 Å². The average Bonchev–Trinajstić information content (AvgIpc) is 3.02. The molecular formula is C17H26N3O5P.